The first kappa shape index (κ1) is 17.5. The van der Waals surface area contributed by atoms with E-state index in [0.717, 1.165) is 42.7 Å². The molecule has 4 nitrogen and oxygen atoms in total. The maximum absolute atomic E-state index is 6.00. The lowest BCUT2D eigenvalue weighted by Gasteiger charge is -2.25. The minimum Gasteiger partial charge on any atom is -0.497 e. The lowest BCUT2D eigenvalue weighted by Crippen LogP contribution is -2.26. The fourth-order valence-corrected chi connectivity index (χ4v) is 3.27. The molecule has 0 atom stereocenters. The third-order valence-corrected chi connectivity index (χ3v) is 4.57. The highest BCUT2D eigenvalue weighted by Crippen LogP contribution is 2.36. The summed E-state index contributed by atoms with van der Waals surface area (Å²) >= 11 is 0. The van der Waals surface area contributed by atoms with E-state index in [1.165, 1.54) is 11.3 Å². The van der Waals surface area contributed by atoms with Crippen LogP contribution in [0.25, 0.3) is 11.3 Å². The first-order valence-electron chi connectivity index (χ1n) is 8.64. The van der Waals surface area contributed by atoms with E-state index in [0.29, 0.717) is 12.0 Å². The third kappa shape index (κ3) is 3.94. The van der Waals surface area contributed by atoms with Gasteiger partial charge in [-0.05, 0) is 50.3 Å². The van der Waals surface area contributed by atoms with Crippen molar-refractivity contribution in [2.45, 2.75) is 58.4 Å². The van der Waals surface area contributed by atoms with Gasteiger partial charge in [-0.1, -0.05) is 26.0 Å². The van der Waals surface area contributed by atoms with Crippen LogP contribution >= 0.6 is 0 Å². The van der Waals surface area contributed by atoms with Crippen molar-refractivity contribution in [1.82, 2.24) is 10.2 Å². The van der Waals surface area contributed by atoms with Gasteiger partial charge in [0.25, 0.3) is 0 Å². The maximum Gasteiger partial charge on any atom is 0.119 e. The molecule has 1 aromatic carbocycles. The van der Waals surface area contributed by atoms with Gasteiger partial charge in [0.05, 0.1) is 12.8 Å². The lowest BCUT2D eigenvalue weighted by molar-refractivity contribution is 0.389. The van der Waals surface area contributed by atoms with Crippen LogP contribution in [0.1, 0.15) is 56.7 Å². The monoisotopic (exact) mass is 315 g/mol. The SMILES string of the molecule is CC.COc1cccc(-c2n[nH]c(C3CCC(N)CC3)c2C)c1. The standard InChI is InChI=1S/C17H23N3O.C2H6/c1-11-16(12-6-8-14(18)9-7-12)19-20-17(11)13-4-3-5-15(10-13)21-2;1-2/h3-5,10,12,14H,6-9,18H2,1-2H3,(H,19,20);1-2H3. The zero-order valence-corrected chi connectivity index (χ0v) is 14.7. The maximum atomic E-state index is 6.00. The Bertz CT molecular complexity index is 613. The molecule has 0 radical (unpaired) electrons. The third-order valence-electron chi connectivity index (χ3n) is 4.57. The van der Waals surface area contributed by atoms with Crippen molar-refractivity contribution < 1.29 is 4.74 Å². The summed E-state index contributed by atoms with van der Waals surface area (Å²) in [4.78, 5) is 0. The molecule has 1 heterocycles. The van der Waals surface area contributed by atoms with Crippen molar-refractivity contribution in [3.8, 4) is 17.0 Å². The summed E-state index contributed by atoms with van der Waals surface area (Å²) in [5.41, 5.74) is 10.7. The van der Waals surface area contributed by atoms with Crippen LogP contribution in [-0.2, 0) is 0 Å². The first-order valence-corrected chi connectivity index (χ1v) is 8.64. The Kier molecular flexibility index (Phi) is 6.22. The number of hydrogen-bond acceptors (Lipinski definition) is 3. The Morgan fingerprint density at radius 2 is 1.87 bits per heavy atom. The van der Waals surface area contributed by atoms with Crippen molar-refractivity contribution in [2.75, 3.05) is 7.11 Å². The number of hydrogen-bond donors (Lipinski definition) is 2. The Morgan fingerprint density at radius 3 is 2.52 bits per heavy atom. The van der Waals surface area contributed by atoms with E-state index in [4.69, 9.17) is 10.5 Å². The van der Waals surface area contributed by atoms with Crippen LogP contribution in [0.5, 0.6) is 5.75 Å². The molecular formula is C19H29N3O. The molecule has 1 aliphatic carbocycles. The Hall–Kier alpha value is -1.81. The number of methoxy groups -OCH3 is 1. The molecule has 0 unspecified atom stereocenters. The highest BCUT2D eigenvalue weighted by atomic mass is 16.5. The van der Waals surface area contributed by atoms with E-state index in [1.807, 2.05) is 32.0 Å². The van der Waals surface area contributed by atoms with Gasteiger partial charge in [0, 0.05) is 23.2 Å². The molecule has 0 spiro atoms. The Labute approximate surface area is 139 Å². The zero-order valence-electron chi connectivity index (χ0n) is 14.7. The Morgan fingerprint density at radius 1 is 1.17 bits per heavy atom. The topological polar surface area (TPSA) is 63.9 Å². The fraction of sp³-hybridized carbons (Fsp3) is 0.526. The summed E-state index contributed by atoms with van der Waals surface area (Å²) < 4.78 is 5.30. The summed E-state index contributed by atoms with van der Waals surface area (Å²) in [6, 6.07) is 8.44. The number of nitrogens with one attached hydrogen (secondary N) is 1. The average Bonchev–Trinajstić information content (AvgIpc) is 2.99. The van der Waals surface area contributed by atoms with Crippen LogP contribution < -0.4 is 10.5 Å². The number of ether oxygens (including phenoxy) is 1. The van der Waals surface area contributed by atoms with Gasteiger partial charge in [0.15, 0.2) is 0 Å². The minimum atomic E-state index is 0.377. The van der Waals surface area contributed by atoms with Crippen LogP contribution in [0, 0.1) is 6.92 Å². The van der Waals surface area contributed by atoms with Crippen molar-refractivity contribution in [2.24, 2.45) is 5.73 Å². The van der Waals surface area contributed by atoms with Crippen LogP contribution in [0.2, 0.25) is 0 Å². The zero-order chi connectivity index (χ0) is 16.8. The second-order valence-electron chi connectivity index (χ2n) is 5.95. The van der Waals surface area contributed by atoms with E-state index >= 15 is 0 Å². The smallest absolute Gasteiger partial charge is 0.119 e. The first-order chi connectivity index (χ1) is 11.2. The summed E-state index contributed by atoms with van der Waals surface area (Å²) in [6.07, 6.45) is 4.53. The number of nitrogens with zero attached hydrogens (tertiary/aromatic N) is 1. The fourth-order valence-electron chi connectivity index (χ4n) is 3.27. The molecule has 3 rings (SSSR count). The van der Waals surface area contributed by atoms with Gasteiger partial charge in [-0.3, -0.25) is 5.10 Å². The summed E-state index contributed by atoms with van der Waals surface area (Å²) in [5.74, 6) is 1.43. The van der Waals surface area contributed by atoms with Gasteiger partial charge < -0.3 is 10.5 Å². The predicted octanol–water partition coefficient (Wildman–Crippen LogP) is 4.40. The van der Waals surface area contributed by atoms with Crippen LogP contribution in [0.3, 0.4) is 0 Å². The average molecular weight is 315 g/mol. The van der Waals surface area contributed by atoms with Gasteiger partial charge in [0.2, 0.25) is 0 Å². The highest BCUT2D eigenvalue weighted by Gasteiger charge is 2.24. The number of aromatic amines is 1. The van der Waals surface area contributed by atoms with E-state index in [2.05, 4.69) is 23.2 Å². The lowest BCUT2D eigenvalue weighted by atomic mass is 9.83. The van der Waals surface area contributed by atoms with Crippen LogP contribution in [0.4, 0.5) is 0 Å². The highest BCUT2D eigenvalue weighted by molar-refractivity contribution is 5.65. The van der Waals surface area contributed by atoms with E-state index in [1.54, 1.807) is 7.11 Å². The Balaban J connectivity index is 0.000000924. The van der Waals surface area contributed by atoms with Crippen LogP contribution in [-0.4, -0.2) is 23.3 Å². The molecule has 1 fully saturated rings. The number of rotatable bonds is 3. The molecule has 0 aliphatic heterocycles. The molecule has 1 aliphatic rings. The molecular weight excluding hydrogens is 286 g/mol. The number of H-pyrrole nitrogens is 1. The molecule has 2 aromatic rings. The summed E-state index contributed by atoms with van der Waals surface area (Å²) in [6.45, 7) is 6.15. The van der Waals surface area contributed by atoms with E-state index in [-0.39, 0.29) is 0 Å². The van der Waals surface area contributed by atoms with Crippen molar-refractivity contribution in [3.63, 3.8) is 0 Å². The summed E-state index contributed by atoms with van der Waals surface area (Å²) in [5, 5.41) is 7.81. The largest absolute Gasteiger partial charge is 0.497 e. The molecule has 0 saturated heterocycles. The van der Waals surface area contributed by atoms with Gasteiger partial charge in [-0.15, -0.1) is 0 Å². The second kappa shape index (κ2) is 8.16. The van der Waals surface area contributed by atoms with Gasteiger partial charge in [0.1, 0.15) is 5.75 Å². The summed E-state index contributed by atoms with van der Waals surface area (Å²) in [7, 11) is 1.69. The van der Waals surface area contributed by atoms with E-state index < -0.39 is 0 Å². The number of aromatic nitrogens is 2. The second-order valence-corrected chi connectivity index (χ2v) is 5.95. The van der Waals surface area contributed by atoms with Gasteiger partial charge >= 0.3 is 0 Å². The molecule has 126 valence electrons. The normalized spacial score (nSPS) is 20.6. The molecule has 23 heavy (non-hydrogen) atoms. The molecule has 3 N–H and O–H groups in total. The molecule has 1 aromatic heterocycles. The number of benzene rings is 1. The van der Waals surface area contributed by atoms with Crippen molar-refractivity contribution >= 4 is 0 Å². The number of nitrogens with two attached hydrogens (primary N) is 1. The molecule has 4 heteroatoms. The molecule has 0 amide bonds. The van der Waals surface area contributed by atoms with Gasteiger partial charge in [-0.2, -0.15) is 5.10 Å². The molecule has 1 saturated carbocycles. The minimum absolute atomic E-state index is 0.377. The van der Waals surface area contributed by atoms with Crippen LogP contribution in [0.15, 0.2) is 24.3 Å². The molecule has 0 bridgehead atoms. The van der Waals surface area contributed by atoms with Crippen molar-refractivity contribution in [1.29, 1.82) is 0 Å². The quantitative estimate of drug-likeness (QED) is 0.882. The van der Waals surface area contributed by atoms with E-state index in [9.17, 15) is 0 Å². The van der Waals surface area contributed by atoms with Crippen molar-refractivity contribution in [3.05, 3.63) is 35.5 Å². The predicted molar refractivity (Wildman–Crippen MR) is 95.8 cm³/mol. The van der Waals surface area contributed by atoms with Gasteiger partial charge in [-0.25, -0.2) is 0 Å².